The fraction of sp³-hybridized carbons (Fsp3) is 0.429. The molecule has 11 heteroatoms. The number of piperazine rings is 1. The van der Waals surface area contributed by atoms with Gasteiger partial charge >= 0.3 is 11.9 Å². The van der Waals surface area contributed by atoms with Gasteiger partial charge < -0.3 is 20.4 Å². The van der Waals surface area contributed by atoms with Gasteiger partial charge in [-0.3, -0.25) is 19.8 Å². The Kier molecular flexibility index (Phi) is 8.17. The summed E-state index contributed by atoms with van der Waals surface area (Å²) in [7, 11) is 0. The highest BCUT2D eigenvalue weighted by atomic mass is 35.5. The van der Waals surface area contributed by atoms with Crippen LogP contribution in [0.4, 0.5) is 11.4 Å². The maximum absolute atomic E-state index is 12.8. The van der Waals surface area contributed by atoms with Crippen LogP contribution in [0.5, 0.6) is 0 Å². The number of nitrogens with one attached hydrogen (secondary N) is 1. The molecule has 3 N–H and O–H groups in total. The van der Waals surface area contributed by atoms with E-state index in [1.807, 2.05) is 24.3 Å². The van der Waals surface area contributed by atoms with Crippen molar-refractivity contribution >= 4 is 34.9 Å². The maximum Gasteiger partial charge on any atom is 0.333 e. The molecule has 2 aliphatic rings. The molecule has 4 rings (SSSR count). The number of anilines is 1. The van der Waals surface area contributed by atoms with Crippen molar-refractivity contribution in [3.8, 4) is 0 Å². The van der Waals surface area contributed by atoms with Crippen LogP contribution in [0, 0.1) is 16.0 Å². The third kappa shape index (κ3) is 5.86. The first-order valence-electron chi connectivity index (χ1n) is 12.8. The summed E-state index contributed by atoms with van der Waals surface area (Å²) in [5.74, 6) is -4.66. The molecular weight excluding hydrogens is 524 g/mol. The van der Waals surface area contributed by atoms with Gasteiger partial charge in [-0.05, 0) is 51.0 Å². The number of benzene rings is 2. The molecule has 1 fully saturated rings. The van der Waals surface area contributed by atoms with Crippen LogP contribution >= 0.6 is 11.6 Å². The molecule has 0 spiro atoms. The van der Waals surface area contributed by atoms with Gasteiger partial charge in [0.05, 0.1) is 16.4 Å². The van der Waals surface area contributed by atoms with Crippen molar-refractivity contribution in [3.05, 3.63) is 80.5 Å². The highest BCUT2D eigenvalue weighted by molar-refractivity contribution is 6.30. The van der Waals surface area contributed by atoms with E-state index in [2.05, 4.69) is 22.0 Å². The summed E-state index contributed by atoms with van der Waals surface area (Å²) in [5, 5.41) is 35.9. The van der Waals surface area contributed by atoms with Crippen LogP contribution in [0.3, 0.4) is 0 Å². The summed E-state index contributed by atoms with van der Waals surface area (Å²) in [6.07, 6.45) is 0.427. The minimum absolute atomic E-state index is 0.0178. The zero-order chi connectivity index (χ0) is 28.5. The Bertz CT molecular complexity index is 1310. The number of hydrogen-bond acceptors (Lipinski definition) is 7. The molecule has 4 unspecified atom stereocenters. The fourth-order valence-electron chi connectivity index (χ4n) is 6.26. The SMILES string of the molecule is CC1=C(C(=O)O)C(c2cccc([N+](=O)[O-])c2)C(C(=O)O)C(C)(CC(C)N2CCN(c3cccc(Cl)c3)CC2)N1. The first-order chi connectivity index (χ1) is 18.4. The molecular formula is C28H33ClN4O6. The van der Waals surface area contributed by atoms with Gasteiger partial charge in [-0.2, -0.15) is 0 Å². The van der Waals surface area contributed by atoms with Crippen molar-refractivity contribution < 1.29 is 24.7 Å². The Labute approximate surface area is 232 Å². The van der Waals surface area contributed by atoms with Crippen molar-refractivity contribution in [1.82, 2.24) is 10.2 Å². The number of non-ortho nitro benzene ring substituents is 1. The number of allylic oxidation sites excluding steroid dienone is 1. The van der Waals surface area contributed by atoms with E-state index >= 15 is 0 Å². The number of carbonyl (C=O) groups is 2. The third-order valence-corrected chi connectivity index (χ3v) is 8.21. The van der Waals surface area contributed by atoms with Gasteiger partial charge in [0.2, 0.25) is 0 Å². The monoisotopic (exact) mass is 556 g/mol. The van der Waals surface area contributed by atoms with Crippen LogP contribution in [-0.4, -0.2) is 69.7 Å². The number of carboxylic acids is 2. The van der Waals surface area contributed by atoms with Crippen molar-refractivity contribution in [3.63, 3.8) is 0 Å². The van der Waals surface area contributed by atoms with E-state index < -0.39 is 34.2 Å². The van der Waals surface area contributed by atoms with Crippen molar-refractivity contribution in [2.75, 3.05) is 31.1 Å². The Morgan fingerprint density at radius 2 is 1.82 bits per heavy atom. The normalized spacial score (nSPS) is 24.7. The average Bonchev–Trinajstić information content (AvgIpc) is 2.87. The second kappa shape index (κ2) is 11.2. The number of rotatable bonds is 8. The van der Waals surface area contributed by atoms with Crippen LogP contribution < -0.4 is 10.2 Å². The van der Waals surface area contributed by atoms with E-state index in [1.165, 1.54) is 18.2 Å². The van der Waals surface area contributed by atoms with E-state index in [-0.39, 0.29) is 17.3 Å². The van der Waals surface area contributed by atoms with E-state index in [4.69, 9.17) is 11.6 Å². The first kappa shape index (κ1) is 28.4. The number of carboxylic acid groups (broad SMARTS) is 2. The molecule has 0 bridgehead atoms. The van der Waals surface area contributed by atoms with Gasteiger partial charge in [0, 0.05) is 72.2 Å². The minimum atomic E-state index is -1.25. The Morgan fingerprint density at radius 3 is 2.41 bits per heavy atom. The van der Waals surface area contributed by atoms with Gasteiger partial charge in [-0.1, -0.05) is 29.8 Å². The quantitative estimate of drug-likeness (QED) is 0.320. The van der Waals surface area contributed by atoms with Gasteiger partial charge in [0.1, 0.15) is 0 Å². The van der Waals surface area contributed by atoms with Crippen LogP contribution in [0.15, 0.2) is 59.8 Å². The number of nitro benzene ring substituents is 1. The number of nitro groups is 1. The molecule has 0 radical (unpaired) electrons. The standard InChI is InChI=1S/C28H33ClN4O6/c1-17(31-10-12-32(13-11-31)21-8-5-7-20(29)15-21)16-28(3)25(27(36)37)24(23(26(34)35)18(2)30-28)19-6-4-9-22(14-19)33(38)39/h4-9,14-15,17,24-25,30H,10-13,16H2,1-3H3,(H,34,35)(H,36,37). The lowest BCUT2D eigenvalue weighted by molar-refractivity contribution is -0.384. The van der Waals surface area contributed by atoms with Crippen molar-refractivity contribution in [2.24, 2.45) is 5.92 Å². The van der Waals surface area contributed by atoms with Gasteiger partial charge in [0.15, 0.2) is 0 Å². The highest BCUT2D eigenvalue weighted by Gasteiger charge is 2.52. The van der Waals surface area contributed by atoms with E-state index in [9.17, 15) is 29.9 Å². The lowest BCUT2D eigenvalue weighted by atomic mass is 9.65. The molecule has 2 aliphatic heterocycles. The second-order valence-electron chi connectivity index (χ2n) is 10.6. The summed E-state index contributed by atoms with van der Waals surface area (Å²) >= 11 is 6.16. The van der Waals surface area contributed by atoms with Crippen molar-refractivity contribution in [1.29, 1.82) is 0 Å². The smallest absolute Gasteiger partial charge is 0.333 e. The van der Waals surface area contributed by atoms with Crippen LogP contribution in [-0.2, 0) is 9.59 Å². The maximum atomic E-state index is 12.8. The van der Waals surface area contributed by atoms with E-state index in [1.54, 1.807) is 19.9 Å². The molecule has 0 aromatic heterocycles. The Hall–Kier alpha value is -3.63. The van der Waals surface area contributed by atoms with E-state index in [0.717, 1.165) is 31.9 Å². The summed E-state index contributed by atoms with van der Waals surface area (Å²) < 4.78 is 0. The highest BCUT2D eigenvalue weighted by Crippen LogP contribution is 2.46. The molecule has 10 nitrogen and oxygen atoms in total. The minimum Gasteiger partial charge on any atom is -0.481 e. The Morgan fingerprint density at radius 1 is 1.15 bits per heavy atom. The predicted octanol–water partition coefficient (Wildman–Crippen LogP) is 4.35. The zero-order valence-corrected chi connectivity index (χ0v) is 22.9. The third-order valence-electron chi connectivity index (χ3n) is 7.97. The molecule has 2 heterocycles. The molecule has 0 amide bonds. The molecule has 1 saturated heterocycles. The summed E-state index contributed by atoms with van der Waals surface area (Å²) in [4.78, 5) is 40.6. The second-order valence-corrected chi connectivity index (χ2v) is 11.0. The fourth-order valence-corrected chi connectivity index (χ4v) is 6.44. The van der Waals surface area contributed by atoms with Crippen LogP contribution in [0.25, 0.3) is 0 Å². The number of aliphatic carboxylic acids is 2. The molecule has 208 valence electrons. The molecule has 4 atom stereocenters. The first-order valence-corrected chi connectivity index (χ1v) is 13.2. The largest absolute Gasteiger partial charge is 0.481 e. The molecule has 0 saturated carbocycles. The molecule has 2 aromatic rings. The molecule has 2 aromatic carbocycles. The van der Waals surface area contributed by atoms with E-state index in [0.29, 0.717) is 22.7 Å². The summed E-state index contributed by atoms with van der Waals surface area (Å²) in [5.41, 5.74) is 0.380. The predicted molar refractivity (Wildman–Crippen MR) is 148 cm³/mol. The van der Waals surface area contributed by atoms with Crippen LogP contribution in [0.2, 0.25) is 5.02 Å². The average molecular weight is 557 g/mol. The van der Waals surface area contributed by atoms with Gasteiger partial charge in [-0.15, -0.1) is 0 Å². The molecule has 39 heavy (non-hydrogen) atoms. The number of hydrogen-bond donors (Lipinski definition) is 3. The topological polar surface area (TPSA) is 136 Å². The van der Waals surface area contributed by atoms with Gasteiger partial charge in [-0.25, -0.2) is 4.79 Å². The number of halogens is 1. The zero-order valence-electron chi connectivity index (χ0n) is 22.1. The lowest BCUT2D eigenvalue weighted by Gasteiger charge is -2.49. The molecule has 0 aliphatic carbocycles. The van der Waals surface area contributed by atoms with Crippen molar-refractivity contribution in [2.45, 2.75) is 44.7 Å². The van der Waals surface area contributed by atoms with Crippen LogP contribution in [0.1, 0.15) is 38.7 Å². The van der Waals surface area contributed by atoms with Gasteiger partial charge in [0.25, 0.3) is 5.69 Å². The Balaban J connectivity index is 1.61. The lowest BCUT2D eigenvalue weighted by Crippen LogP contribution is -2.60. The summed E-state index contributed by atoms with van der Waals surface area (Å²) in [6.45, 7) is 8.59. The number of nitrogens with zero attached hydrogens (tertiary/aromatic N) is 3. The summed E-state index contributed by atoms with van der Waals surface area (Å²) in [6, 6.07) is 13.3.